The molecule has 28 nitrogen and oxygen atoms in total. The summed E-state index contributed by atoms with van der Waals surface area (Å²) in [6.07, 6.45) is 5.96. The molecule has 5 rings (SSSR count). The van der Waals surface area contributed by atoms with Crippen LogP contribution in [0, 0.1) is 40.5 Å². The summed E-state index contributed by atoms with van der Waals surface area (Å²) in [6.45, 7) is 36.8. The number of aliphatic hydroxyl groups is 1. The van der Waals surface area contributed by atoms with Gasteiger partial charge in [-0.15, -0.1) is 0 Å². The summed E-state index contributed by atoms with van der Waals surface area (Å²) in [5.41, 5.74) is 3.11. The number of quaternary nitrogens is 5. The molecule has 0 amide bonds. The van der Waals surface area contributed by atoms with E-state index in [9.17, 15) is 24.0 Å². The van der Waals surface area contributed by atoms with Crippen molar-refractivity contribution < 1.29 is 94.9 Å². The molecule has 0 fully saturated rings. The Morgan fingerprint density at radius 3 is 0.617 bits per heavy atom. The van der Waals surface area contributed by atoms with Crippen molar-refractivity contribution in [3.63, 3.8) is 0 Å². The van der Waals surface area contributed by atoms with Crippen molar-refractivity contribution in [3.05, 3.63) is 220 Å². The van der Waals surface area contributed by atoms with Crippen LogP contribution >= 0.6 is 0 Å². The van der Waals surface area contributed by atoms with Gasteiger partial charge in [0, 0.05) is 26.8 Å². The van der Waals surface area contributed by atoms with Gasteiger partial charge in [0.05, 0.1) is 129 Å². The second kappa shape index (κ2) is 65.1. The van der Waals surface area contributed by atoms with Gasteiger partial charge in [-0.3, -0.25) is 40.5 Å². The topological polar surface area (TPSA) is 324 Å². The van der Waals surface area contributed by atoms with E-state index >= 15 is 0 Å². The van der Waals surface area contributed by atoms with E-state index in [2.05, 4.69) is 105 Å². The van der Waals surface area contributed by atoms with Crippen LogP contribution in [0.5, 0.6) is 0 Å². The van der Waals surface area contributed by atoms with E-state index in [-0.39, 0.29) is 29.8 Å². The van der Waals surface area contributed by atoms with Crippen LogP contribution in [-0.2, 0) is 23.7 Å². The highest BCUT2D eigenvalue weighted by molar-refractivity contribution is 5.91. The molecule has 1 atom stereocenters. The Hall–Kier alpha value is -9.19. The number of rotatable bonds is 34. The largest absolute Gasteiger partial charge is 0.456 e. The van der Waals surface area contributed by atoms with E-state index in [1.807, 2.05) is 91.0 Å². The molecule has 0 aromatic heterocycles. The van der Waals surface area contributed by atoms with Gasteiger partial charge >= 0.3 is 29.8 Å². The normalized spacial score (nSPS) is 10.8. The summed E-state index contributed by atoms with van der Waals surface area (Å²) < 4.78 is 31.2. The number of carbonyl (C=O) groups is 5. The van der Waals surface area contributed by atoms with Crippen molar-refractivity contribution in [1.82, 2.24) is 0 Å². The van der Waals surface area contributed by atoms with Gasteiger partial charge in [0.15, 0.2) is 28.2 Å². The predicted octanol–water partition coefficient (Wildman–Crippen LogP) is 12.4. The summed E-state index contributed by atoms with van der Waals surface area (Å²) in [5, 5.41) is 42.2. The van der Waals surface area contributed by atoms with Crippen molar-refractivity contribution in [2.45, 2.75) is 94.4 Å². The minimum Gasteiger partial charge on any atom is -0.456 e. The van der Waals surface area contributed by atoms with Crippen LogP contribution in [0.1, 0.15) is 146 Å². The van der Waals surface area contributed by atoms with Crippen molar-refractivity contribution >= 4 is 29.8 Å². The number of nitro groups is 4. The number of hydrogen-bond donors (Lipinski definition) is 1. The first-order valence-corrected chi connectivity index (χ1v) is 36.5. The maximum absolute atomic E-state index is 12.0. The van der Waals surface area contributed by atoms with Crippen molar-refractivity contribution in [2.24, 2.45) is 0 Å². The Morgan fingerprint density at radius 1 is 0.290 bits per heavy atom. The Labute approximate surface area is 638 Å². The Balaban J connectivity index is -0.000000384. The van der Waals surface area contributed by atoms with Crippen LogP contribution in [0.2, 0.25) is 0 Å². The minimum atomic E-state index is -0.500. The second-order valence-corrected chi connectivity index (χ2v) is 26.3. The maximum Gasteiger partial charge on any atom is 0.338 e. The number of benzene rings is 5. The molecule has 0 spiro atoms. The fourth-order valence-electron chi connectivity index (χ4n) is 9.79. The lowest BCUT2D eigenvalue weighted by atomic mass is 10.2. The maximum atomic E-state index is 12.0. The molecule has 0 aliphatic heterocycles. The first-order valence-electron chi connectivity index (χ1n) is 36.5. The number of ether oxygens (including phenoxy) is 5. The van der Waals surface area contributed by atoms with E-state index in [1.165, 1.54) is 45.2 Å². The number of nitrogens with zero attached hydrogens (tertiary/aromatic N) is 9. The van der Waals surface area contributed by atoms with Gasteiger partial charge in [-0.25, -0.2) is 24.0 Å². The van der Waals surface area contributed by atoms with Crippen LogP contribution in [0.15, 0.2) is 152 Å². The molecule has 0 radical (unpaired) electrons. The molecule has 1 N–H and O–H groups in total. The zero-order chi connectivity index (χ0) is 82.8. The van der Waals surface area contributed by atoms with Crippen LogP contribution in [0.3, 0.4) is 0 Å². The molecule has 0 aliphatic carbocycles. The van der Waals surface area contributed by atoms with Crippen molar-refractivity contribution in [3.8, 4) is 0 Å². The molecule has 5 aromatic carbocycles. The molecule has 604 valence electrons. The van der Waals surface area contributed by atoms with Crippen LogP contribution in [-0.4, -0.2) is 279 Å². The summed E-state index contributed by atoms with van der Waals surface area (Å²) in [5.74, 6) is -1.14. The van der Waals surface area contributed by atoms with E-state index in [1.54, 1.807) is 60.7 Å². The molecule has 0 saturated carbocycles. The lowest BCUT2D eigenvalue weighted by Crippen LogP contribution is -2.51. The molecular weight excluding hydrogens is 1380 g/mol. The Kier molecular flexibility index (Phi) is 64.8. The zero-order valence-electron chi connectivity index (χ0n) is 68.2. The van der Waals surface area contributed by atoms with E-state index in [0.29, 0.717) is 60.9 Å². The van der Waals surface area contributed by atoms with Gasteiger partial charge in [-0.2, -0.15) is 0 Å². The third kappa shape index (κ3) is 62.7. The van der Waals surface area contributed by atoms with E-state index in [4.69, 9.17) is 69.2 Å². The second-order valence-electron chi connectivity index (χ2n) is 26.3. The molecule has 107 heavy (non-hydrogen) atoms. The SMILES string of the molecule is CCCC[N+](CC)(CCC)CCOC(=O)c1ccccc1.CCC[N+](CC)(CCC)CCOC(=O)c1ccccc1.CC[N+](CC)(CC)CCOC(=O)c1ccccc1.CO.C[N+](=O)[O-].C[N+](=O)[O-].C[N+](=O)[O-].C[N+](=O)[O-].C[N+](C)(C)CCOC(=O)c1ccccc1.C[N+](C)(C)CCOC(=O)c1ccccc1. The first-order chi connectivity index (χ1) is 50.4. The fourth-order valence-corrected chi connectivity index (χ4v) is 9.79. The standard InChI is InChI=1S/C18H30NO2.C17H28NO2.C15H24NO2.2C12H18NO2.4CH3NO2.CH4O/c1-4-7-14-19(6-3,13-5-2)15-16-21-18(20)17-11-9-8-10-12-17;1-4-12-18(6-3,13-5-2)14-15-20-17(19)16-10-8-7-9-11-16;1-4-16(5-2,6-3)12-13-18-15(17)14-10-8-7-9-11-14;2*1-13(2,3)9-10-15-12(14)11-7-5-4-6-8-11;4*1-2(3)4;1-2/h8-12H,4-7,13-16H2,1-3H3;7-11H,4-6,12-15H2,1-3H3;7-11H,4-6,12-13H2,1-3H3;2*4-8H,9-10H2,1-3H3;4*1H3;2H,1H3/q5*+1;;;;;. The minimum absolute atomic E-state index is 0.211. The lowest BCUT2D eigenvalue weighted by Gasteiger charge is -2.37. The molecular formula is C79H134N9O19+5. The first kappa shape index (κ1) is 106. The average Bonchev–Trinajstić information content (AvgIpc) is 0.883. The molecule has 28 heteroatoms. The zero-order valence-corrected chi connectivity index (χ0v) is 68.2. The monoisotopic (exact) mass is 1510 g/mol. The number of carbonyl (C=O) groups excluding carboxylic acids is 5. The third-order valence-corrected chi connectivity index (χ3v) is 15.9. The van der Waals surface area contributed by atoms with Gasteiger partial charge < -0.3 is 51.2 Å². The van der Waals surface area contributed by atoms with Gasteiger partial charge in [0.1, 0.15) is 65.8 Å². The lowest BCUT2D eigenvalue weighted by molar-refractivity contribution is -0.926. The number of hydrogen-bond acceptors (Lipinski definition) is 19. The van der Waals surface area contributed by atoms with Gasteiger partial charge in [0.2, 0.25) is 0 Å². The van der Waals surface area contributed by atoms with Gasteiger partial charge in [-0.1, -0.05) is 125 Å². The molecule has 0 bridgehead atoms. The quantitative estimate of drug-likeness (QED) is 0.0131. The summed E-state index contributed by atoms with van der Waals surface area (Å²) in [4.78, 5) is 91.9. The average molecular weight is 1510 g/mol. The van der Waals surface area contributed by atoms with Crippen LogP contribution < -0.4 is 0 Å². The van der Waals surface area contributed by atoms with Crippen molar-refractivity contribution in [2.75, 3.05) is 202 Å². The fraction of sp³-hybridized carbons (Fsp3) is 0.557. The Bertz CT molecular complexity index is 2940. The third-order valence-electron chi connectivity index (χ3n) is 15.9. The smallest absolute Gasteiger partial charge is 0.338 e. The number of esters is 5. The van der Waals surface area contributed by atoms with Gasteiger partial charge in [-0.05, 0) is 121 Å². The molecule has 0 heterocycles. The highest BCUT2D eigenvalue weighted by Crippen LogP contribution is 2.14. The molecule has 0 aliphatic rings. The molecule has 5 aromatic rings. The summed E-state index contributed by atoms with van der Waals surface area (Å²) in [6, 6.07) is 45.7. The van der Waals surface area contributed by atoms with Gasteiger partial charge in [0.25, 0.3) is 0 Å². The number of aliphatic hydroxyl groups excluding tert-OH is 1. The van der Waals surface area contributed by atoms with Crippen LogP contribution in [0.4, 0.5) is 0 Å². The highest BCUT2D eigenvalue weighted by atomic mass is 16.6. The highest BCUT2D eigenvalue weighted by Gasteiger charge is 2.26. The number of unbranched alkanes of at least 4 members (excludes halogenated alkanes) is 1. The Morgan fingerprint density at radius 2 is 0.458 bits per heavy atom. The molecule has 1 unspecified atom stereocenters. The summed E-state index contributed by atoms with van der Waals surface area (Å²) in [7, 11) is 17.0. The van der Waals surface area contributed by atoms with Crippen molar-refractivity contribution in [1.29, 1.82) is 0 Å². The van der Waals surface area contributed by atoms with E-state index < -0.39 is 19.7 Å². The van der Waals surface area contributed by atoms with E-state index in [0.717, 1.165) is 136 Å². The van der Waals surface area contributed by atoms with Crippen LogP contribution in [0.25, 0.3) is 0 Å². The predicted molar refractivity (Wildman–Crippen MR) is 423 cm³/mol. The molecule has 0 saturated heterocycles. The number of likely N-dealkylation sites (N-methyl/N-ethyl adjacent to an activating group) is 5. The summed E-state index contributed by atoms with van der Waals surface area (Å²) >= 11 is 0.